The van der Waals surface area contributed by atoms with Crippen molar-refractivity contribution < 1.29 is 44.5 Å². The SMILES string of the molecule is C=C(C)C(=O)OCC(C(F)(F)F)C(F)(F)S(=O)(=O)O. The smallest absolute Gasteiger partial charge is 0.402 e. The lowest BCUT2D eigenvalue weighted by atomic mass is 10.1. The molecule has 0 rings (SSSR count). The molecular weight excluding hydrogens is 303 g/mol. The Hall–Kier alpha value is -1.23. The van der Waals surface area contributed by atoms with Gasteiger partial charge in [-0.1, -0.05) is 6.58 Å². The number of ether oxygens (including phenoxy) is 1. The molecule has 0 heterocycles. The molecule has 0 aromatic carbocycles. The maximum absolute atomic E-state index is 13.0. The summed E-state index contributed by atoms with van der Waals surface area (Å²) in [6.07, 6.45) is -5.71. The van der Waals surface area contributed by atoms with Crippen molar-refractivity contribution in [1.29, 1.82) is 0 Å². The van der Waals surface area contributed by atoms with Crippen LogP contribution in [0.1, 0.15) is 6.92 Å². The van der Waals surface area contributed by atoms with Gasteiger partial charge in [0.15, 0.2) is 5.92 Å². The third-order valence-corrected chi connectivity index (χ3v) is 2.85. The number of carbonyl (C=O) groups excluding carboxylic acids is 1. The minimum atomic E-state index is -6.32. The number of halogens is 5. The molecule has 0 radical (unpaired) electrons. The Morgan fingerprint density at radius 2 is 1.74 bits per heavy atom. The molecule has 0 spiro atoms. The van der Waals surface area contributed by atoms with Crippen LogP contribution in [0.2, 0.25) is 0 Å². The first-order chi connectivity index (χ1) is 8.21. The van der Waals surface area contributed by atoms with Gasteiger partial charge in [0.1, 0.15) is 6.61 Å². The molecule has 19 heavy (non-hydrogen) atoms. The fourth-order valence-corrected chi connectivity index (χ4v) is 1.41. The molecule has 5 nitrogen and oxygen atoms in total. The van der Waals surface area contributed by atoms with Gasteiger partial charge in [0, 0.05) is 5.57 Å². The predicted octanol–water partition coefficient (Wildman–Crippen LogP) is 1.76. The van der Waals surface area contributed by atoms with Crippen molar-refractivity contribution in [2.24, 2.45) is 5.92 Å². The van der Waals surface area contributed by atoms with Gasteiger partial charge in [-0.05, 0) is 6.92 Å². The highest BCUT2D eigenvalue weighted by atomic mass is 32.2. The second-order valence-electron chi connectivity index (χ2n) is 3.51. The Morgan fingerprint density at radius 1 is 1.32 bits per heavy atom. The molecule has 0 aromatic rings. The van der Waals surface area contributed by atoms with Gasteiger partial charge in [-0.15, -0.1) is 0 Å². The molecule has 0 aromatic heterocycles. The lowest BCUT2D eigenvalue weighted by molar-refractivity contribution is -0.230. The summed E-state index contributed by atoms with van der Waals surface area (Å²) in [5.74, 6) is -5.29. The van der Waals surface area contributed by atoms with Crippen molar-refractivity contribution in [2.45, 2.75) is 18.4 Å². The van der Waals surface area contributed by atoms with Crippen LogP contribution < -0.4 is 0 Å². The molecule has 0 aliphatic heterocycles. The summed E-state index contributed by atoms with van der Waals surface area (Å²) >= 11 is 0. The maximum Gasteiger partial charge on any atom is 0.402 e. The third kappa shape index (κ3) is 4.42. The van der Waals surface area contributed by atoms with Crippen molar-refractivity contribution in [3.05, 3.63) is 12.2 Å². The standard InChI is InChI=1S/C8H9F5O5S/c1-4(2)6(14)18-3-5(7(9,10)11)8(12,13)19(15,16)17/h5H,1,3H2,2H3,(H,15,16,17). The van der Waals surface area contributed by atoms with Crippen LogP contribution in [0, 0.1) is 5.92 Å². The van der Waals surface area contributed by atoms with Crippen molar-refractivity contribution in [3.63, 3.8) is 0 Å². The number of rotatable bonds is 5. The Balaban J connectivity index is 5.28. The zero-order valence-corrected chi connectivity index (χ0v) is 10.2. The van der Waals surface area contributed by atoms with Crippen molar-refractivity contribution in [2.75, 3.05) is 6.61 Å². The van der Waals surface area contributed by atoms with Gasteiger partial charge in [0.25, 0.3) is 0 Å². The second kappa shape index (κ2) is 5.41. The minimum Gasteiger partial charge on any atom is -0.461 e. The van der Waals surface area contributed by atoms with Gasteiger partial charge in [-0.3, -0.25) is 4.55 Å². The number of alkyl halides is 5. The normalized spacial score (nSPS) is 14.9. The summed E-state index contributed by atoms with van der Waals surface area (Å²) in [4.78, 5) is 10.8. The molecular formula is C8H9F5O5S. The first kappa shape index (κ1) is 17.8. The molecule has 0 aliphatic carbocycles. The summed E-state index contributed by atoms with van der Waals surface area (Å²) < 4.78 is 95.4. The lowest BCUT2D eigenvalue weighted by Gasteiger charge is -2.25. The van der Waals surface area contributed by atoms with Crippen LogP contribution in [-0.2, 0) is 19.6 Å². The molecule has 112 valence electrons. The zero-order valence-electron chi connectivity index (χ0n) is 9.37. The molecule has 0 aliphatic rings. The molecule has 1 N–H and O–H groups in total. The van der Waals surface area contributed by atoms with E-state index in [1.807, 2.05) is 0 Å². The van der Waals surface area contributed by atoms with E-state index in [0.29, 0.717) is 0 Å². The number of hydrogen-bond acceptors (Lipinski definition) is 4. The molecule has 0 saturated heterocycles. The third-order valence-electron chi connectivity index (χ3n) is 1.87. The first-order valence-electron chi connectivity index (χ1n) is 4.45. The molecule has 0 saturated carbocycles. The Morgan fingerprint density at radius 3 is 2.00 bits per heavy atom. The second-order valence-corrected chi connectivity index (χ2v) is 5.00. The largest absolute Gasteiger partial charge is 0.461 e. The van der Waals surface area contributed by atoms with Gasteiger partial charge >= 0.3 is 27.5 Å². The van der Waals surface area contributed by atoms with E-state index in [4.69, 9.17) is 4.55 Å². The number of carbonyl (C=O) groups is 1. The molecule has 1 atom stereocenters. The van der Waals surface area contributed by atoms with Crippen LogP contribution in [0.3, 0.4) is 0 Å². The summed E-state index contributed by atoms with van der Waals surface area (Å²) in [6, 6.07) is 0. The minimum absolute atomic E-state index is 0.365. The zero-order chi connectivity index (χ0) is 15.6. The van der Waals surface area contributed by atoms with E-state index in [2.05, 4.69) is 11.3 Å². The van der Waals surface area contributed by atoms with Crippen LogP contribution >= 0.6 is 0 Å². The molecule has 11 heteroatoms. The average Bonchev–Trinajstić information content (AvgIpc) is 2.12. The van der Waals surface area contributed by atoms with Crippen LogP contribution in [0.25, 0.3) is 0 Å². The lowest BCUT2D eigenvalue weighted by Crippen LogP contribution is -2.47. The average molecular weight is 312 g/mol. The van der Waals surface area contributed by atoms with Crippen molar-refractivity contribution in [3.8, 4) is 0 Å². The number of esters is 1. The first-order valence-corrected chi connectivity index (χ1v) is 5.89. The fourth-order valence-electron chi connectivity index (χ4n) is 0.844. The van der Waals surface area contributed by atoms with E-state index < -0.39 is 40.0 Å². The monoisotopic (exact) mass is 312 g/mol. The van der Waals surface area contributed by atoms with Gasteiger partial charge in [-0.2, -0.15) is 30.4 Å². The van der Waals surface area contributed by atoms with Crippen LogP contribution in [0.4, 0.5) is 22.0 Å². The molecule has 0 bridgehead atoms. The number of hydrogen-bond donors (Lipinski definition) is 1. The topological polar surface area (TPSA) is 80.7 Å². The predicted molar refractivity (Wildman–Crippen MR) is 51.8 cm³/mol. The van der Waals surface area contributed by atoms with Gasteiger partial charge in [0.05, 0.1) is 0 Å². The van der Waals surface area contributed by atoms with Gasteiger partial charge in [-0.25, -0.2) is 4.79 Å². The summed E-state index contributed by atoms with van der Waals surface area (Å²) in [5.41, 5.74) is -0.365. The Kier molecular flexibility index (Phi) is 5.06. The highest BCUT2D eigenvalue weighted by molar-refractivity contribution is 7.86. The molecule has 1 unspecified atom stereocenters. The van der Waals surface area contributed by atoms with Gasteiger partial charge < -0.3 is 4.74 Å². The van der Waals surface area contributed by atoms with Crippen LogP contribution in [-0.4, -0.2) is 37.0 Å². The van der Waals surface area contributed by atoms with E-state index in [-0.39, 0.29) is 5.57 Å². The molecule has 0 amide bonds. The van der Waals surface area contributed by atoms with E-state index in [1.54, 1.807) is 0 Å². The summed E-state index contributed by atoms with van der Waals surface area (Å²) in [7, 11) is -6.32. The highest BCUT2D eigenvalue weighted by Crippen LogP contribution is 2.41. The fraction of sp³-hybridized carbons (Fsp3) is 0.625. The molecule has 0 fully saturated rings. The summed E-state index contributed by atoms with van der Waals surface area (Å²) in [5, 5.41) is -5.54. The highest BCUT2D eigenvalue weighted by Gasteiger charge is 2.63. The maximum atomic E-state index is 13.0. The van der Waals surface area contributed by atoms with Crippen molar-refractivity contribution in [1.82, 2.24) is 0 Å². The Bertz CT molecular complexity index is 466. The van der Waals surface area contributed by atoms with Crippen LogP contribution in [0.5, 0.6) is 0 Å². The summed E-state index contributed by atoms with van der Waals surface area (Å²) in [6.45, 7) is 2.07. The van der Waals surface area contributed by atoms with E-state index in [9.17, 15) is 35.2 Å². The Labute approximate surface area is 104 Å². The van der Waals surface area contributed by atoms with E-state index in [0.717, 1.165) is 6.92 Å². The van der Waals surface area contributed by atoms with E-state index >= 15 is 0 Å². The van der Waals surface area contributed by atoms with E-state index in [1.165, 1.54) is 0 Å². The van der Waals surface area contributed by atoms with Crippen molar-refractivity contribution >= 4 is 16.1 Å². The van der Waals surface area contributed by atoms with Gasteiger partial charge in [0.2, 0.25) is 0 Å². The quantitative estimate of drug-likeness (QED) is 0.362. The van der Waals surface area contributed by atoms with Crippen LogP contribution in [0.15, 0.2) is 12.2 Å².